The molecular weight excluding hydrogens is 160 g/mol. The topological polar surface area (TPSA) is 17.1 Å². The third-order valence-electron chi connectivity index (χ3n) is 2.36. The molecule has 0 spiro atoms. The van der Waals surface area contributed by atoms with Crippen molar-refractivity contribution in [2.45, 2.75) is 48.0 Å². The molecule has 0 heterocycles. The minimum atomic E-state index is 0.124. The number of hydrogen-bond acceptors (Lipinski definition) is 1. The second-order valence-corrected chi connectivity index (χ2v) is 5.61. The Balaban J connectivity index is 4.57. The highest BCUT2D eigenvalue weighted by Gasteiger charge is 2.26. The summed E-state index contributed by atoms with van der Waals surface area (Å²) >= 11 is 0. The van der Waals surface area contributed by atoms with E-state index in [1.165, 1.54) is 0 Å². The van der Waals surface area contributed by atoms with Gasteiger partial charge in [0.05, 0.1) is 0 Å². The summed E-state index contributed by atoms with van der Waals surface area (Å²) < 4.78 is 0. The number of hydrogen-bond donors (Lipinski definition) is 0. The Morgan fingerprint density at radius 3 is 1.92 bits per heavy atom. The van der Waals surface area contributed by atoms with Crippen LogP contribution >= 0.6 is 0 Å². The molecule has 0 aliphatic rings. The summed E-state index contributed by atoms with van der Waals surface area (Å²) in [5, 5.41) is 0. The van der Waals surface area contributed by atoms with Gasteiger partial charge in [0.1, 0.15) is 6.29 Å². The Hall–Kier alpha value is -0.590. The molecule has 0 N–H and O–H groups in total. The third kappa shape index (κ3) is 4.87. The predicted molar refractivity (Wildman–Crippen MR) is 57.7 cm³/mol. The minimum absolute atomic E-state index is 0.124. The summed E-state index contributed by atoms with van der Waals surface area (Å²) in [5.74, 6) is 0. The number of rotatable bonds is 3. The lowest BCUT2D eigenvalue weighted by Crippen LogP contribution is -2.21. The quantitative estimate of drug-likeness (QED) is 0.481. The first-order valence-corrected chi connectivity index (χ1v) is 4.81. The molecule has 13 heavy (non-hydrogen) atoms. The maximum atomic E-state index is 10.4. The molecule has 76 valence electrons. The van der Waals surface area contributed by atoms with E-state index >= 15 is 0 Å². The van der Waals surface area contributed by atoms with Crippen LogP contribution in [0, 0.1) is 10.8 Å². The highest BCUT2D eigenvalue weighted by molar-refractivity contribution is 5.66. The fourth-order valence-corrected chi connectivity index (χ4v) is 1.79. The van der Waals surface area contributed by atoms with Crippen LogP contribution in [0.2, 0.25) is 0 Å². The average Bonchev–Trinajstić information content (AvgIpc) is 1.82. The molecule has 0 aliphatic carbocycles. The molecule has 0 aromatic heterocycles. The van der Waals surface area contributed by atoms with Crippen molar-refractivity contribution in [3.05, 3.63) is 11.6 Å². The summed E-state index contributed by atoms with van der Waals surface area (Å²) in [5.41, 5.74) is 1.60. The van der Waals surface area contributed by atoms with Gasteiger partial charge in [-0.3, -0.25) is 4.79 Å². The van der Waals surface area contributed by atoms with Crippen LogP contribution in [0.5, 0.6) is 0 Å². The Labute approximate surface area is 82.2 Å². The molecule has 0 saturated heterocycles. The van der Waals surface area contributed by atoms with Crippen molar-refractivity contribution in [1.29, 1.82) is 0 Å². The van der Waals surface area contributed by atoms with Crippen LogP contribution in [-0.4, -0.2) is 6.29 Å². The Morgan fingerprint density at radius 1 is 1.15 bits per heavy atom. The second kappa shape index (κ2) is 4.08. The molecule has 0 unspecified atom stereocenters. The van der Waals surface area contributed by atoms with Gasteiger partial charge in [0, 0.05) is 0 Å². The molecule has 0 aromatic rings. The zero-order valence-corrected chi connectivity index (χ0v) is 9.77. The second-order valence-electron chi connectivity index (χ2n) is 5.61. The zero-order valence-electron chi connectivity index (χ0n) is 9.77. The van der Waals surface area contributed by atoms with E-state index < -0.39 is 0 Å². The molecule has 0 fully saturated rings. The number of carbonyl (C=O) groups excluding carboxylic acids is 1. The molecule has 0 rings (SSSR count). The lowest BCUT2D eigenvalue weighted by Gasteiger charge is -2.33. The van der Waals surface area contributed by atoms with Gasteiger partial charge < -0.3 is 0 Å². The van der Waals surface area contributed by atoms with Crippen molar-refractivity contribution in [2.24, 2.45) is 10.8 Å². The Kier molecular flexibility index (Phi) is 3.89. The standard InChI is InChI=1S/C12H22O/c1-10(7-8-13)12(5,6)9-11(2,3)4/h7-8H,9H2,1-6H3. The van der Waals surface area contributed by atoms with Gasteiger partial charge in [-0.2, -0.15) is 0 Å². The molecule has 0 amide bonds. The first-order chi connectivity index (χ1) is 5.69. The average molecular weight is 182 g/mol. The van der Waals surface area contributed by atoms with Gasteiger partial charge in [-0.15, -0.1) is 0 Å². The van der Waals surface area contributed by atoms with E-state index in [0.717, 1.165) is 18.3 Å². The predicted octanol–water partition coefficient (Wildman–Crippen LogP) is 3.59. The molecule has 0 aliphatic heterocycles. The van der Waals surface area contributed by atoms with Crippen molar-refractivity contribution in [2.75, 3.05) is 0 Å². The van der Waals surface area contributed by atoms with Crippen LogP contribution in [0.1, 0.15) is 48.0 Å². The van der Waals surface area contributed by atoms with Crippen LogP contribution in [0.3, 0.4) is 0 Å². The van der Waals surface area contributed by atoms with E-state index in [1.807, 2.05) is 6.92 Å². The van der Waals surface area contributed by atoms with E-state index in [0.29, 0.717) is 5.41 Å². The zero-order chi connectivity index (χ0) is 10.7. The summed E-state index contributed by atoms with van der Waals surface area (Å²) in [4.78, 5) is 10.4. The van der Waals surface area contributed by atoms with Crippen LogP contribution < -0.4 is 0 Å². The molecule has 0 saturated carbocycles. The van der Waals surface area contributed by atoms with Gasteiger partial charge in [0.15, 0.2) is 0 Å². The van der Waals surface area contributed by atoms with Gasteiger partial charge in [-0.25, -0.2) is 0 Å². The van der Waals surface area contributed by atoms with E-state index in [4.69, 9.17) is 0 Å². The normalized spacial score (nSPS) is 14.5. The van der Waals surface area contributed by atoms with E-state index in [1.54, 1.807) is 6.08 Å². The van der Waals surface area contributed by atoms with Crippen molar-refractivity contribution in [3.63, 3.8) is 0 Å². The van der Waals surface area contributed by atoms with Crippen molar-refractivity contribution < 1.29 is 4.79 Å². The molecule has 0 radical (unpaired) electrons. The Bertz CT molecular complexity index is 204. The molecule has 1 nitrogen and oxygen atoms in total. The van der Waals surface area contributed by atoms with Crippen LogP contribution in [-0.2, 0) is 4.79 Å². The lowest BCUT2D eigenvalue weighted by molar-refractivity contribution is -0.104. The number of aldehydes is 1. The summed E-state index contributed by atoms with van der Waals surface area (Å²) in [6, 6.07) is 0. The third-order valence-corrected chi connectivity index (χ3v) is 2.36. The molecule has 0 aromatic carbocycles. The van der Waals surface area contributed by atoms with Crippen LogP contribution in [0.25, 0.3) is 0 Å². The van der Waals surface area contributed by atoms with Crippen molar-refractivity contribution in [1.82, 2.24) is 0 Å². The van der Waals surface area contributed by atoms with Crippen molar-refractivity contribution in [3.8, 4) is 0 Å². The van der Waals surface area contributed by atoms with Gasteiger partial charge in [-0.05, 0) is 30.3 Å². The summed E-state index contributed by atoms with van der Waals surface area (Å²) in [6.07, 6.45) is 3.64. The fraction of sp³-hybridized carbons (Fsp3) is 0.750. The smallest absolute Gasteiger partial charge is 0.142 e. The van der Waals surface area contributed by atoms with E-state index in [-0.39, 0.29) is 5.41 Å². The van der Waals surface area contributed by atoms with E-state index in [9.17, 15) is 4.79 Å². The van der Waals surface area contributed by atoms with E-state index in [2.05, 4.69) is 34.6 Å². The largest absolute Gasteiger partial charge is 0.299 e. The van der Waals surface area contributed by atoms with Gasteiger partial charge in [-0.1, -0.05) is 40.2 Å². The first kappa shape index (κ1) is 12.4. The lowest BCUT2D eigenvalue weighted by atomic mass is 9.72. The monoisotopic (exact) mass is 182 g/mol. The fourth-order valence-electron chi connectivity index (χ4n) is 1.79. The summed E-state index contributed by atoms with van der Waals surface area (Å²) in [6.45, 7) is 13.1. The highest BCUT2D eigenvalue weighted by Crippen LogP contribution is 2.38. The number of carbonyl (C=O) groups is 1. The van der Waals surface area contributed by atoms with Crippen LogP contribution in [0.4, 0.5) is 0 Å². The maximum absolute atomic E-state index is 10.4. The molecular formula is C12H22O. The van der Waals surface area contributed by atoms with Crippen LogP contribution in [0.15, 0.2) is 11.6 Å². The van der Waals surface area contributed by atoms with Crippen molar-refractivity contribution >= 4 is 6.29 Å². The minimum Gasteiger partial charge on any atom is -0.299 e. The van der Waals surface area contributed by atoms with Gasteiger partial charge in [0.25, 0.3) is 0 Å². The first-order valence-electron chi connectivity index (χ1n) is 4.81. The number of allylic oxidation sites excluding steroid dienone is 2. The highest BCUT2D eigenvalue weighted by atomic mass is 16.1. The summed E-state index contributed by atoms with van der Waals surface area (Å²) in [7, 11) is 0. The van der Waals surface area contributed by atoms with Gasteiger partial charge in [0.2, 0.25) is 0 Å². The molecule has 1 heteroatoms. The molecule has 0 bridgehead atoms. The SMILES string of the molecule is CC(=CC=O)C(C)(C)CC(C)(C)C. The molecule has 0 atom stereocenters. The Morgan fingerprint density at radius 2 is 1.62 bits per heavy atom. The maximum Gasteiger partial charge on any atom is 0.142 e. The van der Waals surface area contributed by atoms with Gasteiger partial charge >= 0.3 is 0 Å².